The van der Waals surface area contributed by atoms with E-state index in [4.69, 9.17) is 4.98 Å². The molecular formula is C21H31N5O2S. The van der Waals surface area contributed by atoms with E-state index in [1.54, 1.807) is 19.2 Å². The van der Waals surface area contributed by atoms with Gasteiger partial charge in [0.25, 0.3) is 0 Å². The van der Waals surface area contributed by atoms with E-state index >= 15 is 0 Å². The fourth-order valence-corrected chi connectivity index (χ4v) is 4.67. The first kappa shape index (κ1) is 21.7. The zero-order valence-corrected chi connectivity index (χ0v) is 18.8. The average Bonchev–Trinajstić information content (AvgIpc) is 2.70. The number of hydrogen-bond acceptors (Lipinski definition) is 6. The number of aryl methyl sites for hydroxylation is 2. The molecule has 1 aliphatic rings. The Hall–Kier alpha value is -2.03. The molecule has 0 unspecified atom stereocenters. The van der Waals surface area contributed by atoms with Crippen LogP contribution in [0.15, 0.2) is 29.2 Å². The largest absolute Gasteiger partial charge is 0.363 e. The molecule has 0 bridgehead atoms. The molecule has 1 N–H and O–H groups in total. The Kier molecular flexibility index (Phi) is 6.55. The second kappa shape index (κ2) is 8.77. The highest BCUT2D eigenvalue weighted by molar-refractivity contribution is 7.89. The average molecular weight is 418 g/mol. The van der Waals surface area contributed by atoms with Gasteiger partial charge in [0.15, 0.2) is 0 Å². The maximum Gasteiger partial charge on any atom is 0.243 e. The second-order valence-electron chi connectivity index (χ2n) is 8.01. The number of aromatic nitrogens is 2. The number of nitrogens with zero attached hydrogens (tertiary/aromatic N) is 4. The van der Waals surface area contributed by atoms with Crippen molar-refractivity contribution in [3.8, 4) is 0 Å². The lowest BCUT2D eigenvalue weighted by Crippen LogP contribution is -2.30. The van der Waals surface area contributed by atoms with Gasteiger partial charge in [-0.25, -0.2) is 18.4 Å². The smallest absolute Gasteiger partial charge is 0.243 e. The molecule has 29 heavy (non-hydrogen) atoms. The fraction of sp³-hybridized carbons (Fsp3) is 0.524. The SMILES string of the molecule is Cc1ccc(S(=O)(=O)N(C)Cc2nc([C@@H]3CCCNC3)cc(N(C)C)n2)cc1C. The van der Waals surface area contributed by atoms with Crippen LogP contribution in [0.4, 0.5) is 5.82 Å². The third-order valence-electron chi connectivity index (χ3n) is 5.50. The van der Waals surface area contributed by atoms with Crippen LogP contribution < -0.4 is 10.2 Å². The molecule has 8 heteroatoms. The van der Waals surface area contributed by atoms with Crippen LogP contribution in [0.2, 0.25) is 0 Å². The van der Waals surface area contributed by atoms with Crippen molar-refractivity contribution in [2.75, 3.05) is 39.1 Å². The van der Waals surface area contributed by atoms with Gasteiger partial charge in [0.1, 0.15) is 11.6 Å². The van der Waals surface area contributed by atoms with Gasteiger partial charge in [0.05, 0.1) is 17.1 Å². The molecule has 1 aromatic heterocycles. The number of rotatable bonds is 6. The highest BCUT2D eigenvalue weighted by Crippen LogP contribution is 2.25. The third-order valence-corrected chi connectivity index (χ3v) is 7.30. The summed E-state index contributed by atoms with van der Waals surface area (Å²) in [4.78, 5) is 11.6. The van der Waals surface area contributed by atoms with Crippen molar-refractivity contribution in [3.63, 3.8) is 0 Å². The molecule has 1 saturated heterocycles. The van der Waals surface area contributed by atoms with Gasteiger partial charge in [0.2, 0.25) is 10.0 Å². The molecule has 1 fully saturated rings. The van der Waals surface area contributed by atoms with Crippen molar-refractivity contribution in [2.24, 2.45) is 0 Å². The summed E-state index contributed by atoms with van der Waals surface area (Å²) in [5, 5.41) is 3.42. The Labute approximate surface area is 174 Å². The Morgan fingerprint density at radius 2 is 1.86 bits per heavy atom. The minimum absolute atomic E-state index is 0.129. The van der Waals surface area contributed by atoms with E-state index in [-0.39, 0.29) is 6.54 Å². The number of nitrogens with one attached hydrogen (secondary N) is 1. The standard InChI is InChI=1S/C21H31N5O2S/c1-15-8-9-18(11-16(15)2)29(27,28)26(5)14-20-23-19(12-21(24-20)25(3)4)17-7-6-10-22-13-17/h8-9,11-12,17,22H,6-7,10,13-14H2,1-5H3/t17-/m1/s1. The van der Waals surface area contributed by atoms with Crippen LogP contribution in [0.3, 0.4) is 0 Å². The van der Waals surface area contributed by atoms with Gasteiger partial charge in [-0.15, -0.1) is 0 Å². The molecule has 7 nitrogen and oxygen atoms in total. The van der Waals surface area contributed by atoms with Crippen molar-refractivity contribution >= 4 is 15.8 Å². The Bertz CT molecular complexity index is 969. The molecule has 0 radical (unpaired) electrons. The number of hydrogen-bond donors (Lipinski definition) is 1. The Balaban J connectivity index is 1.89. The topological polar surface area (TPSA) is 78.4 Å². The molecule has 158 valence electrons. The maximum absolute atomic E-state index is 13.1. The van der Waals surface area contributed by atoms with Gasteiger partial charge in [-0.3, -0.25) is 0 Å². The zero-order chi connectivity index (χ0) is 21.2. The van der Waals surface area contributed by atoms with Crippen LogP contribution in [0.25, 0.3) is 0 Å². The quantitative estimate of drug-likeness (QED) is 0.778. The van der Waals surface area contributed by atoms with Gasteiger partial charge >= 0.3 is 0 Å². The second-order valence-corrected chi connectivity index (χ2v) is 10.1. The lowest BCUT2D eigenvalue weighted by Gasteiger charge is -2.24. The van der Waals surface area contributed by atoms with Gasteiger partial charge in [0, 0.05) is 39.7 Å². The van der Waals surface area contributed by atoms with Gasteiger partial charge < -0.3 is 10.2 Å². The highest BCUT2D eigenvalue weighted by Gasteiger charge is 2.24. The van der Waals surface area contributed by atoms with Crippen molar-refractivity contribution in [3.05, 3.63) is 46.9 Å². The normalized spacial score (nSPS) is 17.5. The summed E-state index contributed by atoms with van der Waals surface area (Å²) in [6, 6.07) is 7.23. The van der Waals surface area contributed by atoms with E-state index in [0.29, 0.717) is 16.6 Å². The van der Waals surface area contributed by atoms with E-state index in [9.17, 15) is 8.42 Å². The van der Waals surface area contributed by atoms with Gasteiger partial charge in [-0.1, -0.05) is 6.07 Å². The lowest BCUT2D eigenvalue weighted by molar-refractivity contribution is 0.441. The van der Waals surface area contributed by atoms with E-state index in [1.807, 2.05) is 45.0 Å². The van der Waals surface area contributed by atoms with Gasteiger partial charge in [-0.05, 0) is 56.5 Å². The van der Waals surface area contributed by atoms with Crippen molar-refractivity contribution in [2.45, 2.75) is 44.0 Å². The van der Waals surface area contributed by atoms with Crippen LogP contribution >= 0.6 is 0 Å². The fourth-order valence-electron chi connectivity index (χ4n) is 3.45. The summed E-state index contributed by atoms with van der Waals surface area (Å²) in [6.45, 7) is 5.94. The first-order valence-electron chi connectivity index (χ1n) is 9.98. The predicted molar refractivity (Wildman–Crippen MR) is 116 cm³/mol. The molecule has 3 rings (SSSR count). The summed E-state index contributed by atoms with van der Waals surface area (Å²) in [5.74, 6) is 1.64. The van der Waals surface area contributed by atoms with E-state index < -0.39 is 10.0 Å². The van der Waals surface area contributed by atoms with E-state index in [2.05, 4.69) is 10.3 Å². The first-order chi connectivity index (χ1) is 13.7. The zero-order valence-electron chi connectivity index (χ0n) is 17.9. The molecular weight excluding hydrogens is 386 g/mol. The van der Waals surface area contributed by atoms with Crippen LogP contribution in [0, 0.1) is 13.8 Å². The first-order valence-corrected chi connectivity index (χ1v) is 11.4. The number of piperidine rings is 1. The summed E-state index contributed by atoms with van der Waals surface area (Å²) >= 11 is 0. The summed E-state index contributed by atoms with van der Waals surface area (Å²) in [7, 11) is 1.83. The van der Waals surface area contributed by atoms with Crippen LogP contribution in [0.1, 0.15) is 41.4 Å². The van der Waals surface area contributed by atoms with Crippen LogP contribution in [0.5, 0.6) is 0 Å². The minimum atomic E-state index is -3.62. The van der Waals surface area contributed by atoms with Crippen molar-refractivity contribution < 1.29 is 8.42 Å². The predicted octanol–water partition coefficient (Wildman–Crippen LogP) is 2.45. The maximum atomic E-state index is 13.1. The summed E-state index contributed by atoms with van der Waals surface area (Å²) < 4.78 is 27.4. The highest BCUT2D eigenvalue weighted by atomic mass is 32.2. The molecule has 2 heterocycles. The lowest BCUT2D eigenvalue weighted by atomic mass is 9.96. The molecule has 0 saturated carbocycles. The Morgan fingerprint density at radius 1 is 1.10 bits per heavy atom. The van der Waals surface area contributed by atoms with Crippen molar-refractivity contribution in [1.29, 1.82) is 0 Å². The van der Waals surface area contributed by atoms with Crippen molar-refractivity contribution in [1.82, 2.24) is 19.6 Å². The molecule has 1 aliphatic heterocycles. The van der Waals surface area contributed by atoms with Crippen LogP contribution in [-0.4, -0.2) is 56.9 Å². The molecule has 0 aliphatic carbocycles. The molecule has 0 spiro atoms. The van der Waals surface area contributed by atoms with E-state index in [0.717, 1.165) is 48.6 Å². The van der Waals surface area contributed by atoms with Crippen LogP contribution in [-0.2, 0) is 16.6 Å². The molecule has 1 aromatic carbocycles. The molecule has 0 amide bonds. The summed E-state index contributed by atoms with van der Waals surface area (Å²) in [6.07, 6.45) is 2.19. The summed E-state index contributed by atoms with van der Waals surface area (Å²) in [5.41, 5.74) is 3.00. The minimum Gasteiger partial charge on any atom is -0.363 e. The van der Waals surface area contributed by atoms with E-state index in [1.165, 1.54) is 4.31 Å². The Morgan fingerprint density at radius 3 is 2.48 bits per heavy atom. The van der Waals surface area contributed by atoms with Gasteiger partial charge in [-0.2, -0.15) is 4.31 Å². The number of benzene rings is 1. The third kappa shape index (κ3) is 4.94. The monoisotopic (exact) mass is 417 g/mol. The molecule has 1 atom stereocenters. The number of sulfonamides is 1. The number of anilines is 1. The molecule has 2 aromatic rings.